The summed E-state index contributed by atoms with van der Waals surface area (Å²) in [6, 6.07) is 24.9. The van der Waals surface area contributed by atoms with Gasteiger partial charge >= 0.3 is 0 Å². The molecule has 0 saturated carbocycles. The van der Waals surface area contributed by atoms with E-state index in [1.54, 1.807) is 6.20 Å². The van der Waals surface area contributed by atoms with Crippen LogP contribution in [-0.2, 0) is 0 Å². The van der Waals surface area contributed by atoms with E-state index in [0.717, 1.165) is 49.7 Å². The van der Waals surface area contributed by atoms with Gasteiger partial charge in [0.05, 0.1) is 11.2 Å². The summed E-state index contributed by atoms with van der Waals surface area (Å²) >= 11 is 0. The first-order valence-electron chi connectivity index (χ1n) is 9.80. The van der Waals surface area contributed by atoms with Crippen molar-refractivity contribution in [3.63, 3.8) is 0 Å². The van der Waals surface area contributed by atoms with Crippen LogP contribution in [0, 0.1) is 0 Å². The van der Waals surface area contributed by atoms with Crippen LogP contribution in [0.5, 0.6) is 0 Å². The number of nitrogens with zero attached hydrogens (tertiary/aromatic N) is 4. The van der Waals surface area contributed by atoms with Gasteiger partial charge in [-0.2, -0.15) is 0 Å². The molecule has 6 aromatic rings. The zero-order chi connectivity index (χ0) is 19.9. The van der Waals surface area contributed by atoms with Gasteiger partial charge < -0.3 is 0 Å². The molecule has 2 aromatic carbocycles. The van der Waals surface area contributed by atoms with E-state index in [9.17, 15) is 0 Å². The minimum atomic E-state index is 0.750. The summed E-state index contributed by atoms with van der Waals surface area (Å²) in [5.41, 5.74) is 5.80. The van der Waals surface area contributed by atoms with E-state index in [0.29, 0.717) is 0 Å². The number of hydrogen-bond donors (Lipinski definition) is 0. The van der Waals surface area contributed by atoms with Crippen molar-refractivity contribution in [2.75, 3.05) is 0 Å². The summed E-state index contributed by atoms with van der Waals surface area (Å²) in [6.45, 7) is 0. The van der Waals surface area contributed by atoms with Crippen molar-refractivity contribution in [3.8, 4) is 22.4 Å². The van der Waals surface area contributed by atoms with Gasteiger partial charge in [-0.25, -0.2) is 9.97 Å². The Morgan fingerprint density at radius 3 is 2.17 bits per heavy atom. The fraction of sp³-hybridized carbons (Fsp3) is 0. The number of pyridine rings is 4. The van der Waals surface area contributed by atoms with Gasteiger partial charge in [-0.3, -0.25) is 9.97 Å². The minimum Gasteiger partial charge on any atom is -0.256 e. The standard InChI is InChI=1S/C26H16N4/c1-2-5-20-14-29-25(13-17(20)4-1)18-7-8-24-21(10-18)12-23(15-28-24)22-11-19-6-3-9-27-26(19)30-16-22/h1-16H. The Labute approximate surface area is 172 Å². The first-order chi connectivity index (χ1) is 14.8. The first-order valence-corrected chi connectivity index (χ1v) is 9.80. The van der Waals surface area contributed by atoms with Gasteiger partial charge in [-0.15, -0.1) is 0 Å². The molecule has 0 N–H and O–H groups in total. The van der Waals surface area contributed by atoms with Gasteiger partial charge in [0.2, 0.25) is 0 Å². The lowest BCUT2D eigenvalue weighted by Crippen LogP contribution is -1.88. The maximum absolute atomic E-state index is 4.66. The van der Waals surface area contributed by atoms with Crippen LogP contribution in [0.15, 0.2) is 97.6 Å². The molecule has 0 aliphatic rings. The van der Waals surface area contributed by atoms with Crippen molar-refractivity contribution in [1.29, 1.82) is 0 Å². The molecule has 0 fully saturated rings. The van der Waals surface area contributed by atoms with E-state index in [1.807, 2.05) is 42.9 Å². The normalized spacial score (nSPS) is 11.3. The summed E-state index contributed by atoms with van der Waals surface area (Å²) in [5, 5.41) is 4.42. The van der Waals surface area contributed by atoms with Crippen LogP contribution < -0.4 is 0 Å². The van der Waals surface area contributed by atoms with E-state index in [2.05, 4.69) is 68.5 Å². The molecule has 0 saturated heterocycles. The number of benzene rings is 2. The fourth-order valence-corrected chi connectivity index (χ4v) is 3.81. The number of hydrogen-bond acceptors (Lipinski definition) is 4. The Balaban J connectivity index is 1.46. The van der Waals surface area contributed by atoms with Crippen LogP contribution in [0.1, 0.15) is 0 Å². The Morgan fingerprint density at radius 1 is 0.467 bits per heavy atom. The Hall–Kier alpha value is -4.18. The molecule has 0 amide bonds. The van der Waals surface area contributed by atoms with Crippen molar-refractivity contribution in [3.05, 3.63) is 97.6 Å². The van der Waals surface area contributed by atoms with Gasteiger partial charge in [0.15, 0.2) is 5.65 Å². The predicted molar refractivity (Wildman–Crippen MR) is 121 cm³/mol. The van der Waals surface area contributed by atoms with Crippen LogP contribution >= 0.6 is 0 Å². The summed E-state index contributed by atoms with van der Waals surface area (Å²) in [6.07, 6.45) is 7.44. The van der Waals surface area contributed by atoms with Crippen LogP contribution in [0.2, 0.25) is 0 Å². The molecular formula is C26H16N4. The predicted octanol–water partition coefficient (Wildman–Crippen LogP) is 6.06. The second kappa shape index (κ2) is 6.71. The van der Waals surface area contributed by atoms with Crippen LogP contribution in [0.25, 0.3) is 55.1 Å². The van der Waals surface area contributed by atoms with Crippen molar-refractivity contribution < 1.29 is 0 Å². The molecule has 6 rings (SSSR count). The Morgan fingerprint density at radius 2 is 1.23 bits per heavy atom. The van der Waals surface area contributed by atoms with E-state index < -0.39 is 0 Å². The zero-order valence-corrected chi connectivity index (χ0v) is 16.0. The first kappa shape index (κ1) is 16.7. The largest absolute Gasteiger partial charge is 0.256 e. The topological polar surface area (TPSA) is 51.6 Å². The number of aromatic nitrogens is 4. The van der Waals surface area contributed by atoms with Crippen molar-refractivity contribution in [2.24, 2.45) is 0 Å². The molecule has 0 atom stereocenters. The molecule has 0 aliphatic carbocycles. The maximum atomic E-state index is 4.66. The van der Waals surface area contributed by atoms with Crippen molar-refractivity contribution in [1.82, 2.24) is 19.9 Å². The molecule has 0 unspecified atom stereocenters. The summed E-state index contributed by atoms with van der Waals surface area (Å²) < 4.78 is 0. The minimum absolute atomic E-state index is 0.750. The SMILES string of the molecule is c1ccc2cc(-c3ccc4ncc(-c5cnc6ncccc6c5)cc4c3)ncc2c1. The third-order valence-electron chi connectivity index (χ3n) is 5.40. The second-order valence-corrected chi connectivity index (χ2v) is 7.32. The van der Waals surface area contributed by atoms with Crippen LogP contribution in [0.3, 0.4) is 0 Å². The van der Waals surface area contributed by atoms with E-state index in [1.165, 1.54) is 5.39 Å². The molecule has 30 heavy (non-hydrogen) atoms. The molecule has 0 bridgehead atoms. The lowest BCUT2D eigenvalue weighted by atomic mass is 10.0. The van der Waals surface area contributed by atoms with Crippen molar-refractivity contribution in [2.45, 2.75) is 0 Å². The third kappa shape index (κ3) is 2.86. The molecule has 0 radical (unpaired) electrons. The van der Waals surface area contributed by atoms with Gasteiger partial charge in [-0.1, -0.05) is 30.3 Å². The van der Waals surface area contributed by atoms with Gasteiger partial charge in [0, 0.05) is 57.6 Å². The molecule has 4 nitrogen and oxygen atoms in total. The average Bonchev–Trinajstić information content (AvgIpc) is 2.82. The Kier molecular flexibility index (Phi) is 3.74. The number of rotatable bonds is 2. The van der Waals surface area contributed by atoms with Gasteiger partial charge in [0.25, 0.3) is 0 Å². The molecular weight excluding hydrogens is 368 g/mol. The lowest BCUT2D eigenvalue weighted by molar-refractivity contribution is 1.28. The molecule has 4 heterocycles. The maximum Gasteiger partial charge on any atom is 0.159 e. The number of fused-ring (bicyclic) bond motifs is 3. The third-order valence-corrected chi connectivity index (χ3v) is 5.40. The lowest BCUT2D eigenvalue weighted by Gasteiger charge is -2.07. The van der Waals surface area contributed by atoms with E-state index >= 15 is 0 Å². The van der Waals surface area contributed by atoms with Gasteiger partial charge in [0.1, 0.15) is 0 Å². The highest BCUT2D eigenvalue weighted by atomic mass is 14.8. The highest BCUT2D eigenvalue weighted by Gasteiger charge is 2.07. The molecule has 0 spiro atoms. The van der Waals surface area contributed by atoms with Gasteiger partial charge in [-0.05, 0) is 47.9 Å². The molecule has 140 valence electrons. The van der Waals surface area contributed by atoms with E-state index in [4.69, 9.17) is 0 Å². The Bertz CT molecular complexity index is 1440. The highest BCUT2D eigenvalue weighted by molar-refractivity contribution is 5.90. The van der Waals surface area contributed by atoms with Crippen molar-refractivity contribution >= 4 is 32.7 Å². The van der Waals surface area contributed by atoms with E-state index in [-0.39, 0.29) is 0 Å². The average molecular weight is 384 g/mol. The van der Waals surface area contributed by atoms with Crippen LogP contribution in [-0.4, -0.2) is 19.9 Å². The summed E-state index contributed by atoms with van der Waals surface area (Å²) in [7, 11) is 0. The highest BCUT2D eigenvalue weighted by Crippen LogP contribution is 2.28. The molecule has 0 aliphatic heterocycles. The monoisotopic (exact) mass is 384 g/mol. The summed E-state index contributed by atoms with van der Waals surface area (Å²) in [4.78, 5) is 18.1. The second-order valence-electron chi connectivity index (χ2n) is 7.32. The van der Waals surface area contributed by atoms with Crippen LogP contribution in [0.4, 0.5) is 0 Å². The quantitative estimate of drug-likeness (QED) is 0.364. The molecule has 4 heteroatoms. The zero-order valence-electron chi connectivity index (χ0n) is 16.0. The smallest absolute Gasteiger partial charge is 0.159 e. The molecule has 4 aromatic heterocycles. The fourth-order valence-electron chi connectivity index (χ4n) is 3.81. The summed E-state index contributed by atoms with van der Waals surface area (Å²) in [5.74, 6) is 0.